The number of urea groups is 1. The van der Waals surface area contributed by atoms with Gasteiger partial charge in [0.25, 0.3) is 5.91 Å². The first kappa shape index (κ1) is 27.5. The van der Waals surface area contributed by atoms with Crippen LogP contribution in [0.1, 0.15) is 34.9 Å². The summed E-state index contributed by atoms with van der Waals surface area (Å²) in [6, 6.07) is 10.6. The first-order valence-corrected chi connectivity index (χ1v) is 14.3. The Kier molecular flexibility index (Phi) is 8.46. The first-order valence-electron chi connectivity index (χ1n) is 12.6. The molecule has 1 N–H and O–H groups in total. The Bertz CT molecular complexity index is 1360. The lowest BCUT2D eigenvalue weighted by Gasteiger charge is -2.34. The van der Waals surface area contributed by atoms with E-state index in [1.807, 2.05) is 36.9 Å². The minimum Gasteiger partial charge on any atom is -0.454 e. The number of carbonyl (C=O) groups is 2. The van der Waals surface area contributed by atoms with Gasteiger partial charge < -0.3 is 24.6 Å². The highest BCUT2D eigenvalue weighted by Crippen LogP contribution is 2.33. The van der Waals surface area contributed by atoms with Crippen molar-refractivity contribution < 1.29 is 19.1 Å². The van der Waals surface area contributed by atoms with E-state index in [2.05, 4.69) is 15.2 Å². The summed E-state index contributed by atoms with van der Waals surface area (Å²) in [6.45, 7) is 7.98. The molecule has 0 bridgehead atoms. The zero-order valence-corrected chi connectivity index (χ0v) is 24.0. The fourth-order valence-electron chi connectivity index (χ4n) is 4.45. The van der Waals surface area contributed by atoms with E-state index in [0.29, 0.717) is 39.5 Å². The van der Waals surface area contributed by atoms with Crippen LogP contribution in [-0.2, 0) is 13.1 Å². The van der Waals surface area contributed by atoms with Gasteiger partial charge in [0.15, 0.2) is 11.5 Å². The molecule has 0 aliphatic carbocycles. The van der Waals surface area contributed by atoms with E-state index in [0.717, 1.165) is 36.7 Å². The number of thiazole rings is 1. The van der Waals surface area contributed by atoms with Crippen LogP contribution in [-0.4, -0.2) is 70.6 Å². The highest BCUT2D eigenvalue weighted by molar-refractivity contribution is 7.09. The molecule has 0 saturated carbocycles. The number of hydrogen-bond acceptors (Lipinski definition) is 7. The molecule has 3 heterocycles. The number of benzene rings is 2. The Balaban J connectivity index is 1.15. The third-order valence-corrected chi connectivity index (χ3v) is 8.21. The third kappa shape index (κ3) is 6.58. The molecule has 0 atom stereocenters. The molecule has 3 amide bonds. The normalized spacial score (nSPS) is 15.1. The van der Waals surface area contributed by atoms with E-state index in [-0.39, 0.29) is 31.3 Å². The maximum atomic E-state index is 13.2. The lowest BCUT2D eigenvalue weighted by molar-refractivity contribution is 0.0623. The molecular formula is C27H29Cl2N5O4S. The largest absolute Gasteiger partial charge is 0.454 e. The third-order valence-electron chi connectivity index (χ3n) is 6.63. The topological polar surface area (TPSA) is 87.2 Å². The van der Waals surface area contributed by atoms with Gasteiger partial charge in [0.1, 0.15) is 10.7 Å². The Morgan fingerprint density at radius 1 is 1.05 bits per heavy atom. The molecule has 12 heteroatoms. The molecule has 2 aliphatic rings. The smallest absolute Gasteiger partial charge is 0.322 e. The molecule has 0 spiro atoms. The van der Waals surface area contributed by atoms with Crippen LogP contribution in [0.4, 0.5) is 10.5 Å². The van der Waals surface area contributed by atoms with Gasteiger partial charge >= 0.3 is 6.03 Å². The van der Waals surface area contributed by atoms with Gasteiger partial charge in [0, 0.05) is 49.8 Å². The number of halogens is 2. The second-order valence-corrected chi connectivity index (χ2v) is 11.4. The summed E-state index contributed by atoms with van der Waals surface area (Å²) < 4.78 is 10.9. The van der Waals surface area contributed by atoms with Gasteiger partial charge in [-0.25, -0.2) is 9.78 Å². The van der Waals surface area contributed by atoms with Crippen molar-refractivity contribution in [3.8, 4) is 11.5 Å². The summed E-state index contributed by atoms with van der Waals surface area (Å²) in [5.41, 5.74) is 2.11. The average Bonchev–Trinajstić information content (AvgIpc) is 3.58. The van der Waals surface area contributed by atoms with Gasteiger partial charge in [-0.1, -0.05) is 29.3 Å². The Hall–Kier alpha value is -3.05. The Labute approximate surface area is 241 Å². The number of carbonyl (C=O) groups excluding carboxylic acids is 2. The number of fused-ring (bicyclic) bond motifs is 1. The second-order valence-electron chi connectivity index (χ2n) is 9.66. The average molecular weight is 591 g/mol. The van der Waals surface area contributed by atoms with Crippen LogP contribution in [0.25, 0.3) is 0 Å². The zero-order valence-electron chi connectivity index (χ0n) is 21.7. The summed E-state index contributed by atoms with van der Waals surface area (Å²) in [7, 11) is 0. The summed E-state index contributed by atoms with van der Waals surface area (Å²) in [4.78, 5) is 36.5. The second kappa shape index (κ2) is 12.0. The van der Waals surface area contributed by atoms with Crippen LogP contribution >= 0.6 is 34.5 Å². The standard InChI is InChI=1S/C27H29Cl2N5O4S/c1-17(2)34(27(36)30-19-4-5-20(28)21(29)12-19)14-25-31-22(15-39-25)26(35)33-9-7-32(8-10-33)13-18-3-6-23-24(11-18)38-16-37-23/h3-6,11-12,15,17H,7-10,13-14,16H2,1-2H3,(H,30,36). The van der Waals surface area contributed by atoms with E-state index < -0.39 is 0 Å². The fraction of sp³-hybridized carbons (Fsp3) is 0.370. The number of anilines is 1. The molecule has 39 heavy (non-hydrogen) atoms. The van der Waals surface area contributed by atoms with E-state index in [9.17, 15) is 9.59 Å². The molecule has 9 nitrogen and oxygen atoms in total. The molecular weight excluding hydrogens is 561 g/mol. The zero-order chi connectivity index (χ0) is 27.5. The quantitative estimate of drug-likeness (QED) is 0.387. The van der Waals surface area contributed by atoms with Gasteiger partial charge in [-0.3, -0.25) is 9.69 Å². The van der Waals surface area contributed by atoms with Gasteiger partial charge in [0.05, 0.1) is 16.6 Å². The number of nitrogens with one attached hydrogen (secondary N) is 1. The van der Waals surface area contributed by atoms with Crippen LogP contribution in [0.2, 0.25) is 10.0 Å². The van der Waals surface area contributed by atoms with E-state index >= 15 is 0 Å². The van der Waals surface area contributed by atoms with Crippen molar-refractivity contribution in [2.24, 2.45) is 0 Å². The van der Waals surface area contributed by atoms with E-state index in [4.69, 9.17) is 32.7 Å². The number of ether oxygens (including phenoxy) is 2. The number of amides is 3. The highest BCUT2D eigenvalue weighted by Gasteiger charge is 2.26. The van der Waals surface area contributed by atoms with Crippen molar-refractivity contribution in [2.75, 3.05) is 38.3 Å². The Morgan fingerprint density at radius 3 is 2.56 bits per heavy atom. The maximum Gasteiger partial charge on any atom is 0.322 e. The number of rotatable bonds is 7. The number of hydrogen-bond donors (Lipinski definition) is 1. The monoisotopic (exact) mass is 589 g/mol. The van der Waals surface area contributed by atoms with Crippen LogP contribution in [0.15, 0.2) is 41.8 Å². The minimum absolute atomic E-state index is 0.0865. The highest BCUT2D eigenvalue weighted by atomic mass is 35.5. The lowest BCUT2D eigenvalue weighted by Crippen LogP contribution is -2.48. The maximum absolute atomic E-state index is 13.2. The molecule has 1 saturated heterocycles. The van der Waals surface area contributed by atoms with Crippen LogP contribution < -0.4 is 14.8 Å². The predicted octanol–water partition coefficient (Wildman–Crippen LogP) is 5.58. The molecule has 1 aromatic heterocycles. The lowest BCUT2D eigenvalue weighted by atomic mass is 10.1. The molecule has 5 rings (SSSR count). The van der Waals surface area contributed by atoms with Gasteiger partial charge in [-0.15, -0.1) is 11.3 Å². The molecule has 2 aromatic carbocycles. The van der Waals surface area contributed by atoms with Gasteiger partial charge in [-0.05, 0) is 49.7 Å². The molecule has 3 aromatic rings. The Morgan fingerprint density at radius 2 is 1.82 bits per heavy atom. The molecule has 0 unspecified atom stereocenters. The molecule has 2 aliphatic heterocycles. The van der Waals surface area contributed by atoms with Gasteiger partial charge in [-0.2, -0.15) is 0 Å². The van der Waals surface area contributed by atoms with Crippen molar-refractivity contribution >= 4 is 52.2 Å². The van der Waals surface area contributed by atoms with Crippen LogP contribution in [0, 0.1) is 0 Å². The molecule has 206 valence electrons. The predicted molar refractivity (Wildman–Crippen MR) is 152 cm³/mol. The van der Waals surface area contributed by atoms with Crippen molar-refractivity contribution in [1.82, 2.24) is 19.7 Å². The number of aromatic nitrogens is 1. The fourth-order valence-corrected chi connectivity index (χ4v) is 5.52. The van der Waals surface area contributed by atoms with Crippen molar-refractivity contribution in [3.05, 3.63) is 68.1 Å². The van der Waals surface area contributed by atoms with E-state index in [1.165, 1.54) is 11.3 Å². The summed E-state index contributed by atoms with van der Waals surface area (Å²) in [6.07, 6.45) is 0. The van der Waals surface area contributed by atoms with Crippen LogP contribution in [0.5, 0.6) is 11.5 Å². The number of piperazine rings is 1. The van der Waals surface area contributed by atoms with Crippen molar-refractivity contribution in [3.63, 3.8) is 0 Å². The SMILES string of the molecule is CC(C)N(Cc1nc(C(=O)N2CCN(Cc3ccc4c(c3)OCO4)CC2)cs1)C(=O)Nc1ccc(Cl)c(Cl)c1. The number of nitrogens with zero attached hydrogens (tertiary/aromatic N) is 4. The molecule has 0 radical (unpaired) electrons. The molecule has 1 fully saturated rings. The van der Waals surface area contributed by atoms with Gasteiger partial charge in [0.2, 0.25) is 6.79 Å². The summed E-state index contributed by atoms with van der Waals surface area (Å²) in [5.74, 6) is 1.47. The minimum atomic E-state index is -0.287. The van der Waals surface area contributed by atoms with E-state index in [1.54, 1.807) is 28.5 Å². The van der Waals surface area contributed by atoms with Crippen LogP contribution in [0.3, 0.4) is 0 Å². The van der Waals surface area contributed by atoms with Crippen molar-refractivity contribution in [2.45, 2.75) is 33.0 Å². The summed E-state index contributed by atoms with van der Waals surface area (Å²) in [5, 5.41) is 6.10. The summed E-state index contributed by atoms with van der Waals surface area (Å²) >= 11 is 13.4. The first-order chi connectivity index (χ1) is 18.8. The van der Waals surface area contributed by atoms with Crippen molar-refractivity contribution in [1.29, 1.82) is 0 Å².